The number of halogens is 1. The first-order chi connectivity index (χ1) is 15.1. The Labute approximate surface area is 206 Å². The SMILES string of the molecule is Cc1ccc(-c2nc(CN=C(NCc3nnc(C)n3C)NC3CCCCC3)co2)cc1.I. The zero-order chi connectivity index (χ0) is 21.6. The molecule has 4 rings (SSSR count). The molecule has 0 unspecified atom stereocenters. The third-order valence-corrected chi connectivity index (χ3v) is 5.79. The normalized spacial score (nSPS) is 14.8. The molecule has 2 heterocycles. The second kappa shape index (κ2) is 11.4. The quantitative estimate of drug-likeness (QED) is 0.271. The molecule has 0 saturated heterocycles. The monoisotopic (exact) mass is 549 g/mol. The van der Waals surface area contributed by atoms with Gasteiger partial charge < -0.3 is 19.6 Å². The minimum atomic E-state index is 0. The fraction of sp³-hybridized carbons (Fsp3) is 0.478. The average molecular weight is 549 g/mol. The van der Waals surface area contributed by atoms with Gasteiger partial charge >= 0.3 is 0 Å². The van der Waals surface area contributed by atoms with Gasteiger partial charge in [-0.25, -0.2) is 9.98 Å². The van der Waals surface area contributed by atoms with E-state index in [-0.39, 0.29) is 24.0 Å². The Hall–Kier alpha value is -2.43. The van der Waals surface area contributed by atoms with Crippen molar-refractivity contribution in [3.63, 3.8) is 0 Å². The molecule has 0 radical (unpaired) electrons. The molecule has 3 aromatic rings. The van der Waals surface area contributed by atoms with Gasteiger partial charge in [-0.05, 0) is 38.8 Å². The number of aromatic nitrogens is 4. The lowest BCUT2D eigenvalue weighted by Gasteiger charge is -2.25. The number of nitrogens with one attached hydrogen (secondary N) is 2. The summed E-state index contributed by atoms with van der Waals surface area (Å²) in [6.07, 6.45) is 7.86. The van der Waals surface area contributed by atoms with Gasteiger partial charge in [0.1, 0.15) is 17.8 Å². The van der Waals surface area contributed by atoms with Gasteiger partial charge in [0.25, 0.3) is 0 Å². The van der Waals surface area contributed by atoms with E-state index >= 15 is 0 Å². The largest absolute Gasteiger partial charge is 0.444 e. The molecular weight excluding hydrogens is 517 g/mol. The highest BCUT2D eigenvalue weighted by molar-refractivity contribution is 14.0. The van der Waals surface area contributed by atoms with Crippen LogP contribution in [0.1, 0.15) is 55.0 Å². The van der Waals surface area contributed by atoms with Crippen molar-refractivity contribution in [1.82, 2.24) is 30.4 Å². The molecule has 0 aliphatic heterocycles. The molecule has 8 nitrogen and oxygen atoms in total. The van der Waals surface area contributed by atoms with E-state index in [1.165, 1.54) is 37.7 Å². The lowest BCUT2D eigenvalue weighted by atomic mass is 9.96. The molecule has 0 spiro atoms. The topological polar surface area (TPSA) is 93.2 Å². The van der Waals surface area contributed by atoms with Gasteiger partial charge in [-0.2, -0.15) is 0 Å². The molecule has 1 aromatic carbocycles. The predicted molar refractivity (Wildman–Crippen MR) is 136 cm³/mol. The number of hydrogen-bond donors (Lipinski definition) is 2. The Bertz CT molecular complexity index is 1020. The third kappa shape index (κ3) is 6.30. The third-order valence-electron chi connectivity index (χ3n) is 5.79. The summed E-state index contributed by atoms with van der Waals surface area (Å²) in [4.78, 5) is 9.38. The summed E-state index contributed by atoms with van der Waals surface area (Å²) in [5.41, 5.74) is 2.98. The maximum atomic E-state index is 5.68. The smallest absolute Gasteiger partial charge is 0.226 e. The predicted octanol–water partition coefficient (Wildman–Crippen LogP) is 4.27. The van der Waals surface area contributed by atoms with E-state index in [9.17, 15) is 0 Å². The molecule has 0 amide bonds. The van der Waals surface area contributed by atoms with Gasteiger partial charge in [0.2, 0.25) is 5.89 Å². The molecule has 172 valence electrons. The van der Waals surface area contributed by atoms with Gasteiger partial charge in [-0.15, -0.1) is 34.2 Å². The Morgan fingerprint density at radius 2 is 1.88 bits per heavy atom. The first-order valence-electron chi connectivity index (χ1n) is 11.0. The molecule has 1 aliphatic rings. The van der Waals surface area contributed by atoms with Crippen LogP contribution in [0, 0.1) is 13.8 Å². The minimum Gasteiger partial charge on any atom is -0.444 e. The van der Waals surface area contributed by atoms with Crippen LogP contribution < -0.4 is 10.6 Å². The van der Waals surface area contributed by atoms with Crippen molar-refractivity contribution in [2.24, 2.45) is 12.0 Å². The van der Waals surface area contributed by atoms with Crippen LogP contribution in [0.2, 0.25) is 0 Å². The number of benzene rings is 1. The summed E-state index contributed by atoms with van der Waals surface area (Å²) in [5, 5.41) is 15.4. The number of nitrogens with zero attached hydrogens (tertiary/aromatic N) is 5. The second-order valence-corrected chi connectivity index (χ2v) is 8.23. The van der Waals surface area contributed by atoms with Crippen LogP contribution in [0.25, 0.3) is 11.5 Å². The van der Waals surface area contributed by atoms with Crippen molar-refractivity contribution in [1.29, 1.82) is 0 Å². The number of aliphatic imine (C=N–C) groups is 1. The van der Waals surface area contributed by atoms with Crippen molar-refractivity contribution >= 4 is 29.9 Å². The lowest BCUT2D eigenvalue weighted by Crippen LogP contribution is -2.44. The molecule has 1 aliphatic carbocycles. The van der Waals surface area contributed by atoms with E-state index in [1.807, 2.05) is 30.7 Å². The zero-order valence-corrected chi connectivity index (χ0v) is 21.3. The lowest BCUT2D eigenvalue weighted by molar-refractivity contribution is 0.409. The van der Waals surface area contributed by atoms with Gasteiger partial charge in [-0.3, -0.25) is 0 Å². The van der Waals surface area contributed by atoms with E-state index in [0.29, 0.717) is 25.0 Å². The molecule has 2 N–H and O–H groups in total. The van der Waals surface area contributed by atoms with E-state index < -0.39 is 0 Å². The number of guanidine groups is 1. The van der Waals surface area contributed by atoms with Crippen molar-refractivity contribution in [3.8, 4) is 11.5 Å². The maximum absolute atomic E-state index is 5.68. The van der Waals surface area contributed by atoms with Crippen molar-refractivity contribution in [2.45, 2.75) is 65.1 Å². The molecule has 0 bridgehead atoms. The standard InChI is InChI=1S/C23H31N7O.HI/c1-16-9-11-18(12-10-16)22-26-20(15-31-22)13-24-23(27-19-7-5-4-6-8-19)25-14-21-29-28-17(2)30(21)3;/h9-12,15,19H,4-8,13-14H2,1-3H3,(H2,24,25,27);1H. The molecule has 1 saturated carbocycles. The molecule has 32 heavy (non-hydrogen) atoms. The highest BCUT2D eigenvalue weighted by Crippen LogP contribution is 2.20. The highest BCUT2D eigenvalue weighted by Gasteiger charge is 2.16. The van der Waals surface area contributed by atoms with Crippen molar-refractivity contribution < 1.29 is 4.42 Å². The van der Waals surface area contributed by atoms with Gasteiger partial charge in [0.15, 0.2) is 11.8 Å². The minimum absolute atomic E-state index is 0. The summed E-state index contributed by atoms with van der Waals surface area (Å²) < 4.78 is 7.66. The summed E-state index contributed by atoms with van der Waals surface area (Å²) >= 11 is 0. The van der Waals surface area contributed by atoms with Gasteiger partial charge in [-0.1, -0.05) is 37.0 Å². The second-order valence-electron chi connectivity index (χ2n) is 8.23. The summed E-state index contributed by atoms with van der Waals surface area (Å²) in [7, 11) is 1.97. The van der Waals surface area contributed by atoms with Crippen LogP contribution in [0.5, 0.6) is 0 Å². The summed E-state index contributed by atoms with van der Waals surface area (Å²) in [6.45, 7) is 5.01. The maximum Gasteiger partial charge on any atom is 0.226 e. The number of oxazole rings is 1. The highest BCUT2D eigenvalue weighted by atomic mass is 127. The van der Waals surface area contributed by atoms with Gasteiger partial charge in [0.05, 0.1) is 13.1 Å². The van der Waals surface area contributed by atoms with Crippen molar-refractivity contribution in [3.05, 3.63) is 53.4 Å². The van der Waals surface area contributed by atoms with Crippen molar-refractivity contribution in [2.75, 3.05) is 0 Å². The molecule has 2 aromatic heterocycles. The Balaban J connectivity index is 0.00000289. The van der Waals surface area contributed by atoms with Crippen LogP contribution in [-0.4, -0.2) is 31.7 Å². The Morgan fingerprint density at radius 1 is 1.12 bits per heavy atom. The van der Waals surface area contributed by atoms with Crippen LogP contribution in [0.15, 0.2) is 39.9 Å². The molecule has 9 heteroatoms. The fourth-order valence-electron chi connectivity index (χ4n) is 3.73. The van der Waals surface area contributed by atoms with E-state index in [1.54, 1.807) is 6.26 Å². The van der Waals surface area contributed by atoms with Crippen LogP contribution >= 0.6 is 24.0 Å². The zero-order valence-electron chi connectivity index (χ0n) is 19.0. The first-order valence-corrected chi connectivity index (χ1v) is 11.0. The Kier molecular flexibility index (Phi) is 8.66. The first kappa shape index (κ1) is 24.2. The number of hydrogen-bond acceptors (Lipinski definition) is 5. The Morgan fingerprint density at radius 3 is 2.56 bits per heavy atom. The van der Waals surface area contributed by atoms with E-state index in [4.69, 9.17) is 9.41 Å². The van der Waals surface area contributed by atoms with Crippen LogP contribution in [0.3, 0.4) is 0 Å². The van der Waals surface area contributed by atoms with Gasteiger partial charge in [0, 0.05) is 18.7 Å². The number of rotatable bonds is 6. The molecule has 0 atom stereocenters. The molecular formula is C23H32IN7O. The van der Waals surface area contributed by atoms with E-state index in [0.717, 1.165) is 28.9 Å². The number of aryl methyl sites for hydroxylation is 2. The molecule has 1 fully saturated rings. The summed E-state index contributed by atoms with van der Waals surface area (Å²) in [5.74, 6) is 3.16. The van der Waals surface area contributed by atoms with Crippen LogP contribution in [-0.2, 0) is 20.1 Å². The summed E-state index contributed by atoms with van der Waals surface area (Å²) in [6, 6.07) is 8.61. The average Bonchev–Trinajstić information content (AvgIpc) is 3.38. The van der Waals surface area contributed by atoms with E-state index in [2.05, 4.69) is 44.9 Å². The van der Waals surface area contributed by atoms with Crippen LogP contribution in [0.4, 0.5) is 0 Å². The fourth-order valence-corrected chi connectivity index (χ4v) is 3.73.